The summed E-state index contributed by atoms with van der Waals surface area (Å²) in [7, 11) is 0. The number of hydrogen-bond donors (Lipinski definition) is 0. The molecular formula is C89H70N4. The summed E-state index contributed by atoms with van der Waals surface area (Å²) in [5, 5.41) is -0.236. The fraction of sp³-hybridized carbons (Fsp3) is 0.124. The molecule has 0 spiro atoms. The summed E-state index contributed by atoms with van der Waals surface area (Å²) < 4.78 is 153. The predicted octanol–water partition coefficient (Wildman–Crippen LogP) is 23.6. The molecule has 4 heterocycles. The van der Waals surface area contributed by atoms with Crippen LogP contribution >= 0.6 is 0 Å². The third-order valence-electron chi connectivity index (χ3n) is 19.5. The molecule has 0 bridgehead atoms. The zero-order valence-electron chi connectivity index (χ0n) is 68.1. The van der Waals surface area contributed by atoms with Crippen molar-refractivity contribution in [2.75, 3.05) is 9.80 Å². The van der Waals surface area contributed by atoms with Gasteiger partial charge in [-0.3, -0.25) is 0 Å². The fourth-order valence-corrected chi connectivity index (χ4v) is 15.1. The molecule has 0 saturated heterocycles. The van der Waals surface area contributed by atoms with Crippen LogP contribution in [0.4, 0.5) is 34.1 Å². The summed E-state index contributed by atoms with van der Waals surface area (Å²) in [5.41, 5.74) is 17.8. The van der Waals surface area contributed by atoms with Crippen LogP contribution in [0, 0.1) is 0 Å². The minimum Gasteiger partial charge on any atom is -0.309 e. The zero-order chi connectivity index (χ0) is 76.4. The standard InChI is InChI=1S/C89H70N4/c1-88(2,3)61-41-47-79(73(52-61)56-25-9-7-10-26-56)92-81-54-63(90-75-37-21-17-33-67(75)68-34-18-22-38-76(68)90)43-45-71(81)86-72-46-44-64(91-77-39-23-19-35-69(77)70-36-20-24-40-78(70)91)55-82(72)93(80-48-42-62(89(4,5)6)53-74(80)57-27-11-8-12-28-57)84-51-60(50-83(92)87(84)86)85-65-31-15-13-29-58(65)49-59-30-14-16-32-66(59)85/h7-48,50-55,85-86H,49H2,1-6H3/i17D,18D,19D,20D,21D,22D,23D,24D,33D,34D,35D,36D,37D,38D,39D,40D. The SMILES string of the molecule is [2H]c1c([2H])c([2H])c2c(c1[2H])c1c([2H])c([2H])c([2H])c([2H])c1n2-c1ccc2c(c1)N(c1ccc(C(C)(C)C)cc1-c1ccccc1)c1cc(C3c4ccccc4Cc4ccccc43)cc3c1C2c1ccc(-n2c4c([2H])c([2H])c([2H])c([2H])c4c4c([2H])c([2H])c([2H])c([2H])c42)cc1N3c1ccc(C(C)(C)C)cc1-c1ccccc1. The van der Waals surface area contributed by atoms with Gasteiger partial charge in [0.2, 0.25) is 0 Å². The lowest BCUT2D eigenvalue weighted by atomic mass is 9.71. The molecule has 93 heavy (non-hydrogen) atoms. The van der Waals surface area contributed by atoms with E-state index >= 15 is 0 Å². The normalized spacial score (nSPS) is 16.2. The second-order valence-electron chi connectivity index (χ2n) is 26.8. The molecule has 2 aliphatic heterocycles. The van der Waals surface area contributed by atoms with Crippen molar-refractivity contribution < 1.29 is 21.9 Å². The Morgan fingerprint density at radius 3 is 1.11 bits per heavy atom. The molecular weight excluding hydrogens is 1130 g/mol. The molecule has 0 amide bonds. The number of nitrogens with zero attached hydrogens (tertiary/aromatic N) is 4. The Hall–Kier alpha value is -10.9. The second kappa shape index (κ2) is 20.8. The maximum Gasteiger partial charge on any atom is 0.0645 e. The van der Waals surface area contributed by atoms with Crippen LogP contribution in [0.3, 0.4) is 0 Å². The molecule has 0 N–H and O–H groups in total. The predicted molar refractivity (Wildman–Crippen MR) is 390 cm³/mol. The van der Waals surface area contributed by atoms with Gasteiger partial charge in [-0.1, -0.05) is 248 Å². The van der Waals surface area contributed by atoms with Gasteiger partial charge >= 0.3 is 0 Å². The number of hydrogen-bond acceptors (Lipinski definition) is 2. The molecule has 13 aromatic carbocycles. The van der Waals surface area contributed by atoms with Crippen LogP contribution in [0.5, 0.6) is 0 Å². The average Bonchev–Trinajstić information content (AvgIpc) is 1.49. The number of benzene rings is 13. The van der Waals surface area contributed by atoms with E-state index in [2.05, 4.69) is 173 Å². The van der Waals surface area contributed by atoms with Crippen molar-refractivity contribution in [2.45, 2.75) is 70.6 Å². The van der Waals surface area contributed by atoms with Crippen LogP contribution in [0.15, 0.2) is 291 Å². The molecule has 18 rings (SSSR count). The maximum absolute atomic E-state index is 9.77. The van der Waals surface area contributed by atoms with Crippen molar-refractivity contribution in [1.82, 2.24) is 9.13 Å². The average molecular weight is 1210 g/mol. The Morgan fingerprint density at radius 2 is 0.710 bits per heavy atom. The molecule has 0 radical (unpaired) electrons. The molecule has 446 valence electrons. The highest BCUT2D eigenvalue weighted by Gasteiger charge is 2.44. The lowest BCUT2D eigenvalue weighted by Crippen LogP contribution is -2.30. The quantitative estimate of drug-likeness (QED) is 0.158. The molecule has 0 atom stereocenters. The van der Waals surface area contributed by atoms with Gasteiger partial charge < -0.3 is 18.9 Å². The van der Waals surface area contributed by atoms with E-state index in [0.29, 0.717) is 29.2 Å². The first kappa shape index (κ1) is 40.7. The van der Waals surface area contributed by atoms with Gasteiger partial charge in [0.05, 0.1) is 78.1 Å². The van der Waals surface area contributed by atoms with E-state index in [9.17, 15) is 16.4 Å². The van der Waals surface area contributed by atoms with E-state index in [1.54, 1.807) is 9.13 Å². The van der Waals surface area contributed by atoms with E-state index in [0.717, 1.165) is 101 Å². The van der Waals surface area contributed by atoms with Crippen molar-refractivity contribution in [3.63, 3.8) is 0 Å². The van der Waals surface area contributed by atoms with Gasteiger partial charge in [0.15, 0.2) is 0 Å². The fourth-order valence-electron chi connectivity index (χ4n) is 15.1. The minimum absolute atomic E-state index is 0.0351. The Morgan fingerprint density at radius 1 is 0.333 bits per heavy atom. The van der Waals surface area contributed by atoms with Crippen molar-refractivity contribution >= 4 is 77.7 Å². The molecule has 1 aliphatic carbocycles. The molecule has 3 aliphatic rings. The Labute approximate surface area is 567 Å². The van der Waals surface area contributed by atoms with Gasteiger partial charge in [0.25, 0.3) is 0 Å². The van der Waals surface area contributed by atoms with E-state index in [4.69, 9.17) is 5.48 Å². The Balaban J connectivity index is 1.05. The maximum atomic E-state index is 9.77. The lowest BCUT2D eigenvalue weighted by molar-refractivity contribution is 0.590. The third-order valence-corrected chi connectivity index (χ3v) is 19.5. The third kappa shape index (κ3) is 8.58. The van der Waals surface area contributed by atoms with Gasteiger partial charge in [0.1, 0.15) is 0 Å². The molecule has 0 fully saturated rings. The molecule has 15 aromatic rings. The van der Waals surface area contributed by atoms with Crippen molar-refractivity contribution in [3.8, 4) is 33.6 Å². The summed E-state index contributed by atoms with van der Waals surface area (Å²) in [6.07, 6.45) is 0.693. The van der Waals surface area contributed by atoms with E-state index in [-0.39, 0.29) is 60.4 Å². The van der Waals surface area contributed by atoms with Gasteiger partial charge in [-0.25, -0.2) is 0 Å². The zero-order valence-corrected chi connectivity index (χ0v) is 52.1. The van der Waals surface area contributed by atoms with Crippen LogP contribution in [0.2, 0.25) is 0 Å². The number of fused-ring (bicyclic) bond motifs is 12. The van der Waals surface area contributed by atoms with Crippen LogP contribution in [0.1, 0.15) is 131 Å². The smallest absolute Gasteiger partial charge is 0.0645 e. The number of rotatable bonds is 7. The monoisotopic (exact) mass is 1210 g/mol. The summed E-state index contributed by atoms with van der Waals surface area (Å²) in [5.74, 6) is -1.10. The van der Waals surface area contributed by atoms with E-state index < -0.39 is 103 Å². The Kier molecular flexibility index (Phi) is 9.11. The van der Waals surface area contributed by atoms with E-state index in [1.807, 2.05) is 72.8 Å². The molecule has 0 saturated carbocycles. The first-order valence-electron chi connectivity index (χ1n) is 39.7. The molecule has 4 heteroatoms. The largest absolute Gasteiger partial charge is 0.309 e. The highest BCUT2D eigenvalue weighted by Crippen LogP contribution is 2.64. The Bertz CT molecular complexity index is 5990. The topological polar surface area (TPSA) is 16.3 Å². The van der Waals surface area contributed by atoms with Gasteiger partial charge in [-0.15, -0.1) is 0 Å². The summed E-state index contributed by atoms with van der Waals surface area (Å²) in [4.78, 5) is 4.62. The number of aromatic nitrogens is 2. The van der Waals surface area contributed by atoms with Crippen molar-refractivity contribution in [2.24, 2.45) is 0 Å². The van der Waals surface area contributed by atoms with Gasteiger partial charge in [0, 0.05) is 61.4 Å². The number of para-hydroxylation sites is 4. The highest BCUT2D eigenvalue weighted by molar-refractivity contribution is 6.11. The van der Waals surface area contributed by atoms with Crippen LogP contribution in [-0.2, 0) is 17.3 Å². The highest BCUT2D eigenvalue weighted by atomic mass is 15.2. The molecule has 0 unspecified atom stereocenters. The number of anilines is 6. The second-order valence-corrected chi connectivity index (χ2v) is 26.8. The minimum atomic E-state index is -0.714. The molecule has 4 nitrogen and oxygen atoms in total. The van der Waals surface area contributed by atoms with Gasteiger partial charge in [-0.2, -0.15) is 0 Å². The first-order valence-corrected chi connectivity index (χ1v) is 31.7. The van der Waals surface area contributed by atoms with Crippen molar-refractivity contribution in [3.05, 3.63) is 346 Å². The van der Waals surface area contributed by atoms with Crippen LogP contribution in [0.25, 0.3) is 77.2 Å². The first-order chi connectivity index (χ1) is 52.1. The summed E-state index contributed by atoms with van der Waals surface area (Å²) in [6.45, 7) is 13.1. The van der Waals surface area contributed by atoms with Crippen molar-refractivity contribution in [1.29, 1.82) is 0 Å². The lowest BCUT2D eigenvalue weighted by Gasteiger charge is -2.47. The summed E-state index contributed by atoms with van der Waals surface area (Å²) in [6, 6.07) is 59.2. The van der Waals surface area contributed by atoms with Crippen LogP contribution in [-0.4, -0.2) is 9.13 Å². The summed E-state index contributed by atoms with van der Waals surface area (Å²) >= 11 is 0. The van der Waals surface area contributed by atoms with Gasteiger partial charge in [-0.05, 0) is 163 Å². The van der Waals surface area contributed by atoms with Crippen LogP contribution < -0.4 is 9.80 Å². The molecule has 2 aromatic heterocycles. The van der Waals surface area contributed by atoms with E-state index in [1.165, 1.54) is 0 Å².